The molecule has 3 N–H and O–H groups in total. The van der Waals surface area contributed by atoms with E-state index in [1.807, 2.05) is 0 Å². The number of benzene rings is 1. The van der Waals surface area contributed by atoms with E-state index >= 15 is 0 Å². The molecule has 0 aliphatic carbocycles. The van der Waals surface area contributed by atoms with Gasteiger partial charge in [-0.1, -0.05) is 12.1 Å². The van der Waals surface area contributed by atoms with Crippen molar-refractivity contribution >= 4 is 0 Å². The number of H-pyrrole nitrogens is 1. The summed E-state index contributed by atoms with van der Waals surface area (Å²) in [6.07, 6.45) is 1.37. The van der Waals surface area contributed by atoms with E-state index in [2.05, 4.69) is 15.2 Å². The maximum atomic E-state index is 13.3. The van der Waals surface area contributed by atoms with E-state index in [-0.39, 0.29) is 5.82 Å². The summed E-state index contributed by atoms with van der Waals surface area (Å²) < 4.78 is 13.3. The molecule has 0 radical (unpaired) electrons. The molecular formula is C10H11FN4. The SMILES string of the molecule is Cc1ccc(C(N)c2ncn[nH]2)cc1F. The van der Waals surface area contributed by atoms with Crippen molar-refractivity contribution in [1.82, 2.24) is 15.2 Å². The average Bonchev–Trinajstić information content (AvgIpc) is 2.74. The third-order valence-corrected chi connectivity index (χ3v) is 2.28. The molecule has 0 spiro atoms. The Balaban J connectivity index is 2.34. The summed E-state index contributed by atoms with van der Waals surface area (Å²) in [6, 6.07) is 4.43. The van der Waals surface area contributed by atoms with Gasteiger partial charge in [-0.15, -0.1) is 0 Å². The Morgan fingerprint density at radius 3 is 2.87 bits per heavy atom. The number of aryl methyl sites for hydroxylation is 1. The highest BCUT2D eigenvalue weighted by Gasteiger charge is 2.12. The minimum Gasteiger partial charge on any atom is -0.318 e. The molecule has 15 heavy (non-hydrogen) atoms. The highest BCUT2D eigenvalue weighted by atomic mass is 19.1. The van der Waals surface area contributed by atoms with E-state index in [0.717, 1.165) is 0 Å². The largest absolute Gasteiger partial charge is 0.318 e. The van der Waals surface area contributed by atoms with Crippen LogP contribution in [0.3, 0.4) is 0 Å². The topological polar surface area (TPSA) is 67.6 Å². The van der Waals surface area contributed by atoms with Gasteiger partial charge in [0.25, 0.3) is 0 Å². The van der Waals surface area contributed by atoms with Gasteiger partial charge in [0.05, 0.1) is 6.04 Å². The molecule has 0 amide bonds. The molecule has 1 unspecified atom stereocenters. The zero-order chi connectivity index (χ0) is 10.8. The molecule has 0 fully saturated rings. The van der Waals surface area contributed by atoms with Crippen LogP contribution in [-0.2, 0) is 0 Å². The first-order chi connectivity index (χ1) is 7.18. The van der Waals surface area contributed by atoms with E-state index in [4.69, 9.17) is 5.73 Å². The first-order valence-electron chi connectivity index (χ1n) is 4.55. The lowest BCUT2D eigenvalue weighted by Crippen LogP contribution is -2.14. The minimum atomic E-state index is -0.470. The van der Waals surface area contributed by atoms with Crippen LogP contribution < -0.4 is 5.73 Å². The minimum absolute atomic E-state index is 0.262. The molecule has 1 aromatic heterocycles. The highest BCUT2D eigenvalue weighted by molar-refractivity contribution is 5.28. The van der Waals surface area contributed by atoms with Crippen LogP contribution in [0.4, 0.5) is 4.39 Å². The molecule has 78 valence electrons. The van der Waals surface area contributed by atoms with Crippen LogP contribution in [0, 0.1) is 12.7 Å². The van der Waals surface area contributed by atoms with Crippen LogP contribution in [0.5, 0.6) is 0 Å². The molecule has 2 aromatic rings. The average molecular weight is 206 g/mol. The lowest BCUT2D eigenvalue weighted by molar-refractivity contribution is 0.613. The van der Waals surface area contributed by atoms with Crippen LogP contribution >= 0.6 is 0 Å². The molecule has 0 saturated carbocycles. The summed E-state index contributed by atoms with van der Waals surface area (Å²) in [7, 11) is 0. The fourth-order valence-corrected chi connectivity index (χ4v) is 1.33. The third-order valence-electron chi connectivity index (χ3n) is 2.28. The molecule has 0 saturated heterocycles. The Hall–Kier alpha value is -1.75. The summed E-state index contributed by atoms with van der Waals surface area (Å²) in [5.74, 6) is 0.265. The van der Waals surface area contributed by atoms with E-state index in [9.17, 15) is 4.39 Å². The summed E-state index contributed by atoms with van der Waals surface area (Å²) in [5.41, 5.74) is 7.16. The summed E-state index contributed by atoms with van der Waals surface area (Å²) in [4.78, 5) is 3.93. The number of rotatable bonds is 2. The quantitative estimate of drug-likeness (QED) is 0.778. The second kappa shape index (κ2) is 3.78. The Bertz CT molecular complexity index is 452. The van der Waals surface area contributed by atoms with Gasteiger partial charge in [0, 0.05) is 0 Å². The number of nitrogens with zero attached hydrogens (tertiary/aromatic N) is 2. The monoisotopic (exact) mass is 206 g/mol. The smallest absolute Gasteiger partial charge is 0.145 e. The predicted molar refractivity (Wildman–Crippen MR) is 53.6 cm³/mol. The molecule has 0 bridgehead atoms. The number of nitrogens with one attached hydrogen (secondary N) is 1. The van der Waals surface area contributed by atoms with Gasteiger partial charge in [0.15, 0.2) is 0 Å². The molecule has 5 heteroatoms. The van der Waals surface area contributed by atoms with Crippen molar-refractivity contribution in [2.75, 3.05) is 0 Å². The van der Waals surface area contributed by atoms with Gasteiger partial charge in [0.1, 0.15) is 18.0 Å². The Morgan fingerprint density at radius 2 is 2.27 bits per heavy atom. The van der Waals surface area contributed by atoms with Crippen molar-refractivity contribution in [2.24, 2.45) is 5.73 Å². The number of hydrogen-bond donors (Lipinski definition) is 2. The van der Waals surface area contributed by atoms with Crippen molar-refractivity contribution in [3.05, 3.63) is 47.3 Å². The van der Waals surface area contributed by atoms with Crippen molar-refractivity contribution < 1.29 is 4.39 Å². The molecule has 1 heterocycles. The lowest BCUT2D eigenvalue weighted by atomic mass is 10.1. The van der Waals surface area contributed by atoms with Gasteiger partial charge in [-0.3, -0.25) is 5.10 Å². The maximum absolute atomic E-state index is 13.3. The standard InChI is InChI=1S/C10H11FN4/c1-6-2-3-7(4-8(6)11)9(12)10-13-5-14-15-10/h2-5,9H,12H2,1H3,(H,13,14,15). The number of aromatic nitrogens is 3. The van der Waals surface area contributed by atoms with Gasteiger partial charge in [-0.25, -0.2) is 9.37 Å². The van der Waals surface area contributed by atoms with Crippen molar-refractivity contribution in [3.63, 3.8) is 0 Å². The molecule has 4 nitrogen and oxygen atoms in total. The maximum Gasteiger partial charge on any atom is 0.145 e. The molecule has 1 aromatic carbocycles. The summed E-state index contributed by atoms with van der Waals surface area (Å²) in [6.45, 7) is 1.71. The number of hydrogen-bond acceptors (Lipinski definition) is 3. The van der Waals surface area contributed by atoms with Gasteiger partial charge in [0.2, 0.25) is 0 Å². The van der Waals surface area contributed by atoms with E-state index in [0.29, 0.717) is 17.0 Å². The summed E-state index contributed by atoms with van der Waals surface area (Å²) in [5, 5.41) is 6.36. The summed E-state index contributed by atoms with van der Waals surface area (Å²) >= 11 is 0. The van der Waals surface area contributed by atoms with Crippen molar-refractivity contribution in [1.29, 1.82) is 0 Å². The van der Waals surface area contributed by atoms with Crippen LogP contribution in [-0.4, -0.2) is 15.2 Å². The normalized spacial score (nSPS) is 12.7. The molecule has 0 aliphatic heterocycles. The lowest BCUT2D eigenvalue weighted by Gasteiger charge is -2.09. The Morgan fingerprint density at radius 1 is 1.47 bits per heavy atom. The van der Waals surface area contributed by atoms with Crippen molar-refractivity contribution in [3.8, 4) is 0 Å². The van der Waals surface area contributed by atoms with Crippen molar-refractivity contribution in [2.45, 2.75) is 13.0 Å². The van der Waals surface area contributed by atoms with Crippen LogP contribution in [0.25, 0.3) is 0 Å². The molecule has 2 rings (SSSR count). The third kappa shape index (κ3) is 1.87. The molecule has 1 atom stereocenters. The zero-order valence-electron chi connectivity index (χ0n) is 8.24. The Labute approximate surface area is 86.3 Å². The highest BCUT2D eigenvalue weighted by Crippen LogP contribution is 2.18. The van der Waals surface area contributed by atoms with Crippen LogP contribution in [0.1, 0.15) is 23.0 Å². The molecule has 0 aliphatic rings. The number of nitrogens with two attached hydrogens (primary N) is 1. The predicted octanol–water partition coefficient (Wildman–Crippen LogP) is 1.30. The molecular weight excluding hydrogens is 195 g/mol. The fourth-order valence-electron chi connectivity index (χ4n) is 1.33. The van der Waals surface area contributed by atoms with Crippen LogP contribution in [0.2, 0.25) is 0 Å². The number of halogens is 1. The zero-order valence-corrected chi connectivity index (χ0v) is 8.24. The van der Waals surface area contributed by atoms with E-state index < -0.39 is 6.04 Å². The first-order valence-corrected chi connectivity index (χ1v) is 4.55. The van der Waals surface area contributed by atoms with Gasteiger partial charge in [-0.05, 0) is 24.1 Å². The fraction of sp³-hybridized carbons (Fsp3) is 0.200. The first kappa shape index (κ1) is 9.79. The van der Waals surface area contributed by atoms with Gasteiger partial charge >= 0.3 is 0 Å². The Kier molecular flexibility index (Phi) is 2.47. The van der Waals surface area contributed by atoms with E-state index in [1.54, 1.807) is 19.1 Å². The second-order valence-corrected chi connectivity index (χ2v) is 3.36. The van der Waals surface area contributed by atoms with Gasteiger partial charge < -0.3 is 5.73 Å². The van der Waals surface area contributed by atoms with E-state index in [1.165, 1.54) is 12.4 Å². The number of aromatic amines is 1. The van der Waals surface area contributed by atoms with Crippen LogP contribution in [0.15, 0.2) is 24.5 Å². The van der Waals surface area contributed by atoms with Gasteiger partial charge in [-0.2, -0.15) is 5.10 Å². The second-order valence-electron chi connectivity index (χ2n) is 3.36.